The highest BCUT2D eigenvalue weighted by Gasteiger charge is 2.31. The fourth-order valence-corrected chi connectivity index (χ4v) is 6.23. The minimum Gasteiger partial charge on any atom is -0.480 e. The van der Waals surface area contributed by atoms with Crippen LogP contribution in [0.1, 0.15) is 67.9 Å². The second-order valence-corrected chi connectivity index (χ2v) is 12.9. The Morgan fingerprint density at radius 1 is 0.865 bits per heavy atom. The summed E-state index contributed by atoms with van der Waals surface area (Å²) >= 11 is 0. The number of aromatic nitrogens is 1. The number of anilines is 1. The van der Waals surface area contributed by atoms with Gasteiger partial charge in [-0.05, 0) is 79.1 Å². The molecule has 0 saturated carbocycles. The maximum atomic E-state index is 14.2. The first kappa shape index (κ1) is 39.3. The van der Waals surface area contributed by atoms with E-state index in [9.17, 15) is 34.1 Å². The molecule has 9 N–H and O–H groups in total. The van der Waals surface area contributed by atoms with Crippen molar-refractivity contribution < 1.29 is 34.1 Å². The molecular weight excluding hydrogens is 667 g/mol. The molecule has 0 aliphatic carbocycles. The zero-order chi connectivity index (χ0) is 37.8. The normalized spacial score (nSPS) is 12.9. The van der Waals surface area contributed by atoms with E-state index >= 15 is 0 Å². The van der Waals surface area contributed by atoms with Crippen LogP contribution in [0.5, 0.6) is 0 Å². The number of carboxylic acids is 1. The molecule has 52 heavy (non-hydrogen) atoms. The van der Waals surface area contributed by atoms with E-state index < -0.39 is 42.4 Å². The van der Waals surface area contributed by atoms with Crippen LogP contribution in [0.4, 0.5) is 10.1 Å². The van der Waals surface area contributed by atoms with Gasteiger partial charge in [-0.25, -0.2) is 9.18 Å². The largest absolute Gasteiger partial charge is 0.480 e. The smallest absolute Gasteiger partial charge is 0.326 e. The molecule has 4 aromatic rings. The average Bonchev–Trinajstić information content (AvgIpc) is 3.45. The fraction of sp³-hybridized carbons (Fsp3) is 0.333. The zero-order valence-corrected chi connectivity index (χ0v) is 29.3. The Morgan fingerprint density at radius 2 is 1.50 bits per heavy atom. The van der Waals surface area contributed by atoms with Crippen molar-refractivity contribution in [1.82, 2.24) is 9.88 Å². The van der Waals surface area contributed by atoms with E-state index in [1.807, 2.05) is 66.9 Å². The van der Waals surface area contributed by atoms with Gasteiger partial charge < -0.3 is 42.0 Å². The van der Waals surface area contributed by atoms with Gasteiger partial charge in [0.2, 0.25) is 5.91 Å². The number of carbonyl (C=O) groups is 3. The van der Waals surface area contributed by atoms with Crippen molar-refractivity contribution in [2.45, 2.75) is 76.7 Å². The second-order valence-electron chi connectivity index (χ2n) is 12.9. The van der Waals surface area contributed by atoms with Crippen molar-refractivity contribution in [3.63, 3.8) is 0 Å². The number of aliphatic carboxylic acids is 1. The molecule has 0 aliphatic heterocycles. The van der Waals surface area contributed by atoms with Crippen LogP contribution < -0.4 is 22.1 Å². The Labute approximate surface area is 302 Å². The number of hydrogen-bond donors (Lipinski definition) is 7. The summed E-state index contributed by atoms with van der Waals surface area (Å²) in [5, 5.41) is 36.8. The number of para-hydroxylation sites is 1. The number of rotatable bonds is 18. The molecule has 0 aliphatic rings. The van der Waals surface area contributed by atoms with Crippen LogP contribution in [0.15, 0.2) is 89.9 Å². The number of nitrogens with one attached hydrogen (secondary N) is 2. The molecule has 3 atom stereocenters. The van der Waals surface area contributed by atoms with Crippen molar-refractivity contribution in [2.75, 3.05) is 11.9 Å². The number of aliphatic imine (C=N–C) groups is 1. The number of carboxylic acid groups (broad SMARTS) is 1. The van der Waals surface area contributed by atoms with E-state index in [2.05, 4.69) is 15.6 Å². The van der Waals surface area contributed by atoms with Crippen LogP contribution in [-0.2, 0) is 16.1 Å². The van der Waals surface area contributed by atoms with Crippen molar-refractivity contribution in [3.05, 3.63) is 102 Å². The third-order valence-electron chi connectivity index (χ3n) is 8.52. The van der Waals surface area contributed by atoms with Gasteiger partial charge in [0.25, 0.3) is 5.91 Å². The minimum absolute atomic E-state index is 0.0817. The average molecular weight is 715 g/mol. The Bertz CT molecular complexity index is 1830. The van der Waals surface area contributed by atoms with Gasteiger partial charge in [-0.2, -0.15) is 0 Å². The molecule has 1 heterocycles. The number of hydrogen-bond acceptors (Lipinski definition) is 6. The summed E-state index contributed by atoms with van der Waals surface area (Å²) < 4.78 is 16.2. The monoisotopic (exact) mass is 714 g/mol. The quantitative estimate of drug-likeness (QED) is 0.0430. The zero-order valence-electron chi connectivity index (χ0n) is 29.3. The van der Waals surface area contributed by atoms with E-state index in [-0.39, 0.29) is 50.1 Å². The molecule has 4 rings (SSSR count). The van der Waals surface area contributed by atoms with Gasteiger partial charge in [0, 0.05) is 30.0 Å². The molecule has 3 aromatic carbocycles. The van der Waals surface area contributed by atoms with E-state index in [0.717, 1.165) is 5.56 Å². The van der Waals surface area contributed by atoms with E-state index in [4.69, 9.17) is 11.5 Å². The van der Waals surface area contributed by atoms with Gasteiger partial charge in [-0.1, -0.05) is 62.4 Å². The molecule has 0 saturated heterocycles. The number of aliphatic hydroxyl groups is 2. The standard InChI is InChI=1S/C39H47FN6O6/c1-24(2)35-34(37(50)44-28-12-7-4-8-13-28)33(25-10-5-3-6-11-25)36(26-15-17-27(40)18-16-26)46(35)21-19-29(47)22-30(48)23-32(49)45-31(38(51)52)14-9-20-43-39(41)42/h3-8,10-13,15-18,24,29-31,47-48H,9,14,19-23H2,1-2H3,(H,44,50)(H,45,49)(H,51,52)(H4,41,42,43)/t29-,30-,31?/m1/s1. The molecule has 0 bridgehead atoms. The highest BCUT2D eigenvalue weighted by Crippen LogP contribution is 2.42. The SMILES string of the molecule is CC(C)c1c(C(=O)Nc2ccccc2)c(-c2ccccc2)c(-c2ccc(F)cc2)n1CC[C@@H](O)C[C@@H](O)CC(=O)NC(CCCN=C(N)N)C(=O)O. The van der Waals surface area contributed by atoms with Gasteiger partial charge in [0.1, 0.15) is 11.9 Å². The Balaban J connectivity index is 1.61. The molecule has 1 aromatic heterocycles. The molecular formula is C39H47FN6O6. The first-order chi connectivity index (χ1) is 24.8. The fourth-order valence-electron chi connectivity index (χ4n) is 6.23. The lowest BCUT2D eigenvalue weighted by Crippen LogP contribution is -2.42. The summed E-state index contributed by atoms with van der Waals surface area (Å²) in [6, 6.07) is 23.4. The van der Waals surface area contributed by atoms with Crippen LogP contribution in [0.25, 0.3) is 22.4 Å². The third kappa shape index (κ3) is 10.7. The number of nitrogens with zero attached hydrogens (tertiary/aromatic N) is 2. The highest BCUT2D eigenvalue weighted by molar-refractivity contribution is 6.12. The molecule has 13 heteroatoms. The van der Waals surface area contributed by atoms with Gasteiger partial charge in [0.15, 0.2) is 5.96 Å². The number of amides is 2. The van der Waals surface area contributed by atoms with Crippen LogP contribution >= 0.6 is 0 Å². The van der Waals surface area contributed by atoms with Gasteiger partial charge in [-0.15, -0.1) is 0 Å². The van der Waals surface area contributed by atoms with E-state index in [1.54, 1.807) is 24.3 Å². The first-order valence-electron chi connectivity index (χ1n) is 17.2. The molecule has 0 radical (unpaired) electrons. The Hall–Kier alpha value is -5.53. The number of nitrogens with two attached hydrogens (primary N) is 2. The van der Waals surface area contributed by atoms with Crippen molar-refractivity contribution in [3.8, 4) is 22.4 Å². The third-order valence-corrected chi connectivity index (χ3v) is 8.52. The number of halogens is 1. The molecule has 12 nitrogen and oxygen atoms in total. The van der Waals surface area contributed by atoms with Crippen molar-refractivity contribution in [2.24, 2.45) is 16.5 Å². The topological polar surface area (TPSA) is 205 Å². The lowest BCUT2D eigenvalue weighted by molar-refractivity contribution is -0.142. The number of guanidine groups is 1. The van der Waals surface area contributed by atoms with E-state index in [0.29, 0.717) is 40.2 Å². The summed E-state index contributed by atoms with van der Waals surface area (Å²) in [7, 11) is 0. The second kappa shape index (κ2) is 18.6. The summed E-state index contributed by atoms with van der Waals surface area (Å²) in [6.45, 7) is 4.36. The summed E-state index contributed by atoms with van der Waals surface area (Å²) in [6.07, 6.45) is -2.37. The van der Waals surface area contributed by atoms with E-state index in [1.165, 1.54) is 12.1 Å². The van der Waals surface area contributed by atoms with Gasteiger partial charge in [-0.3, -0.25) is 14.6 Å². The van der Waals surface area contributed by atoms with Gasteiger partial charge >= 0.3 is 5.97 Å². The predicted octanol–water partition coefficient (Wildman–Crippen LogP) is 4.85. The van der Waals surface area contributed by atoms with Crippen LogP contribution in [-0.4, -0.2) is 68.4 Å². The number of benzene rings is 3. The van der Waals surface area contributed by atoms with Gasteiger partial charge in [0.05, 0.1) is 29.9 Å². The van der Waals surface area contributed by atoms with Crippen LogP contribution in [0.3, 0.4) is 0 Å². The maximum absolute atomic E-state index is 14.2. The Kier molecular flexibility index (Phi) is 14.1. The maximum Gasteiger partial charge on any atom is 0.326 e. The molecule has 2 amide bonds. The lowest BCUT2D eigenvalue weighted by atomic mass is 9.94. The lowest BCUT2D eigenvalue weighted by Gasteiger charge is -2.21. The summed E-state index contributed by atoms with van der Waals surface area (Å²) in [5.41, 5.74) is 15.1. The molecule has 276 valence electrons. The number of aliphatic hydroxyl groups excluding tert-OH is 2. The highest BCUT2D eigenvalue weighted by atomic mass is 19.1. The van der Waals surface area contributed by atoms with Crippen LogP contribution in [0, 0.1) is 5.82 Å². The summed E-state index contributed by atoms with van der Waals surface area (Å²) in [5.74, 6) is -2.93. The molecule has 0 fully saturated rings. The molecule has 1 unspecified atom stereocenters. The first-order valence-corrected chi connectivity index (χ1v) is 17.2. The van der Waals surface area contributed by atoms with Crippen molar-refractivity contribution in [1.29, 1.82) is 0 Å². The Morgan fingerprint density at radius 3 is 2.10 bits per heavy atom. The summed E-state index contributed by atoms with van der Waals surface area (Å²) in [4.78, 5) is 42.3. The van der Waals surface area contributed by atoms with Crippen LogP contribution in [0.2, 0.25) is 0 Å². The minimum atomic E-state index is -1.26. The van der Waals surface area contributed by atoms with Crippen molar-refractivity contribution >= 4 is 29.4 Å². The molecule has 0 spiro atoms. The predicted molar refractivity (Wildman–Crippen MR) is 199 cm³/mol. The number of carbonyl (C=O) groups excluding carboxylic acids is 2.